The van der Waals surface area contributed by atoms with Crippen molar-refractivity contribution < 1.29 is 4.39 Å². The topological polar surface area (TPSA) is 61.6 Å². The number of hydrogen-bond donors (Lipinski definition) is 1. The molecule has 2 heterocycles. The highest BCUT2D eigenvalue weighted by molar-refractivity contribution is 5.80. The Kier molecular flexibility index (Phi) is 5.47. The predicted molar refractivity (Wildman–Crippen MR) is 96.0 cm³/mol. The highest BCUT2D eigenvalue weighted by atomic mass is 19.1. The lowest BCUT2D eigenvalue weighted by Crippen LogP contribution is -2.52. The number of nitrogens with one attached hydrogen (secondary N) is 1. The summed E-state index contributed by atoms with van der Waals surface area (Å²) in [5.41, 5.74) is 0.670. The first-order valence-electron chi connectivity index (χ1n) is 8.54. The van der Waals surface area contributed by atoms with Gasteiger partial charge in [-0.2, -0.15) is 0 Å². The molecule has 1 aliphatic heterocycles. The van der Waals surface area contributed by atoms with Crippen LogP contribution in [0, 0.1) is 5.82 Å². The summed E-state index contributed by atoms with van der Waals surface area (Å²) in [7, 11) is 1.91. The summed E-state index contributed by atoms with van der Waals surface area (Å²) in [6.45, 7) is 6.42. The van der Waals surface area contributed by atoms with Crippen LogP contribution in [0.25, 0.3) is 0 Å². The van der Waals surface area contributed by atoms with E-state index in [9.17, 15) is 4.39 Å². The molecule has 1 fully saturated rings. The molecule has 1 aromatic carbocycles. The lowest BCUT2D eigenvalue weighted by Gasteiger charge is -2.37. The smallest absolute Gasteiger partial charge is 0.194 e. The van der Waals surface area contributed by atoms with E-state index in [-0.39, 0.29) is 5.82 Å². The summed E-state index contributed by atoms with van der Waals surface area (Å²) in [6.07, 6.45) is 1.67. The van der Waals surface area contributed by atoms with Crippen molar-refractivity contribution in [3.05, 3.63) is 42.2 Å². The maximum atomic E-state index is 14.0. The van der Waals surface area contributed by atoms with Gasteiger partial charge in [-0.15, -0.1) is 10.2 Å². The molecular formula is C17H24FN7. The van der Waals surface area contributed by atoms with Crippen molar-refractivity contribution in [1.82, 2.24) is 25.0 Å². The average molecular weight is 345 g/mol. The zero-order valence-electron chi connectivity index (χ0n) is 14.7. The fraction of sp³-hybridized carbons (Fsp3) is 0.471. The molecule has 0 atom stereocenters. The summed E-state index contributed by atoms with van der Waals surface area (Å²) in [5, 5.41) is 11.3. The van der Waals surface area contributed by atoms with E-state index >= 15 is 0 Å². The van der Waals surface area contributed by atoms with Gasteiger partial charge >= 0.3 is 0 Å². The molecular weight excluding hydrogens is 321 g/mol. The predicted octanol–water partition coefficient (Wildman–Crippen LogP) is 1.24. The number of aliphatic imine (C=N–C) groups is 1. The molecule has 134 valence electrons. The molecule has 0 radical (unpaired) electrons. The van der Waals surface area contributed by atoms with Crippen molar-refractivity contribution in [2.75, 3.05) is 37.6 Å². The van der Waals surface area contributed by atoms with Crippen LogP contribution in [0.5, 0.6) is 0 Å². The minimum Gasteiger partial charge on any atom is -0.366 e. The second kappa shape index (κ2) is 7.96. The molecule has 1 aliphatic rings. The Hall–Kier alpha value is -2.64. The van der Waals surface area contributed by atoms with Crippen molar-refractivity contribution in [2.45, 2.75) is 13.5 Å². The van der Waals surface area contributed by atoms with Gasteiger partial charge in [-0.25, -0.2) is 9.38 Å². The monoisotopic (exact) mass is 345 g/mol. The third kappa shape index (κ3) is 4.07. The van der Waals surface area contributed by atoms with Gasteiger partial charge in [0.1, 0.15) is 18.7 Å². The number of aryl methyl sites for hydroxylation is 1. The second-order valence-electron chi connectivity index (χ2n) is 5.95. The van der Waals surface area contributed by atoms with E-state index in [1.807, 2.05) is 30.7 Å². The van der Waals surface area contributed by atoms with Crippen LogP contribution in [0.3, 0.4) is 0 Å². The number of hydrogen-bond acceptors (Lipinski definition) is 4. The Bertz CT molecular complexity index is 719. The first-order chi connectivity index (χ1) is 12.2. The SMILES string of the molecule is CCNC(=NCc1nncn1C)N1CCN(c2ccccc2F)CC1. The van der Waals surface area contributed by atoms with E-state index in [1.54, 1.807) is 12.4 Å². The van der Waals surface area contributed by atoms with Gasteiger partial charge in [-0.05, 0) is 19.1 Å². The molecule has 3 rings (SSSR count). The fourth-order valence-corrected chi connectivity index (χ4v) is 2.89. The molecule has 2 aromatic rings. The van der Waals surface area contributed by atoms with Gasteiger partial charge in [0.2, 0.25) is 0 Å². The number of rotatable bonds is 4. The van der Waals surface area contributed by atoms with Gasteiger partial charge in [0.25, 0.3) is 0 Å². The number of halogens is 1. The zero-order valence-corrected chi connectivity index (χ0v) is 14.7. The summed E-state index contributed by atoms with van der Waals surface area (Å²) < 4.78 is 15.8. The zero-order chi connectivity index (χ0) is 17.6. The molecule has 0 aliphatic carbocycles. The summed E-state index contributed by atoms with van der Waals surface area (Å²) in [6, 6.07) is 6.93. The fourth-order valence-electron chi connectivity index (χ4n) is 2.89. The Labute approximate surface area is 147 Å². The van der Waals surface area contributed by atoms with E-state index in [4.69, 9.17) is 0 Å². The molecule has 7 nitrogen and oxygen atoms in total. The van der Waals surface area contributed by atoms with Crippen LogP contribution in [0.15, 0.2) is 35.6 Å². The molecule has 1 aromatic heterocycles. The van der Waals surface area contributed by atoms with Crippen LogP contribution in [-0.2, 0) is 13.6 Å². The highest BCUT2D eigenvalue weighted by Crippen LogP contribution is 2.20. The molecule has 0 spiro atoms. The van der Waals surface area contributed by atoms with Crippen LogP contribution < -0.4 is 10.2 Å². The summed E-state index contributed by atoms with van der Waals surface area (Å²) in [4.78, 5) is 8.96. The van der Waals surface area contributed by atoms with Gasteiger partial charge in [0.05, 0.1) is 5.69 Å². The van der Waals surface area contributed by atoms with E-state index in [0.29, 0.717) is 12.2 Å². The van der Waals surface area contributed by atoms with Crippen LogP contribution in [0.4, 0.5) is 10.1 Å². The van der Waals surface area contributed by atoms with E-state index < -0.39 is 0 Å². The third-order valence-corrected chi connectivity index (χ3v) is 4.28. The molecule has 1 saturated heterocycles. The van der Waals surface area contributed by atoms with Crippen LogP contribution in [0.2, 0.25) is 0 Å². The Morgan fingerprint density at radius 3 is 2.64 bits per heavy atom. The summed E-state index contributed by atoms with van der Waals surface area (Å²) >= 11 is 0. The van der Waals surface area contributed by atoms with E-state index in [2.05, 4.69) is 30.3 Å². The highest BCUT2D eigenvalue weighted by Gasteiger charge is 2.21. The van der Waals surface area contributed by atoms with Crippen LogP contribution in [0.1, 0.15) is 12.7 Å². The number of benzene rings is 1. The first kappa shape index (κ1) is 17.2. The quantitative estimate of drug-likeness (QED) is 0.667. The molecule has 1 N–H and O–H groups in total. The van der Waals surface area contributed by atoms with Crippen LogP contribution in [-0.4, -0.2) is 58.3 Å². The number of anilines is 1. The minimum absolute atomic E-state index is 0.168. The summed E-state index contributed by atoms with van der Waals surface area (Å²) in [5.74, 6) is 1.51. The van der Waals surface area contributed by atoms with E-state index in [0.717, 1.165) is 44.5 Å². The molecule has 25 heavy (non-hydrogen) atoms. The number of nitrogens with zero attached hydrogens (tertiary/aromatic N) is 6. The average Bonchev–Trinajstić information content (AvgIpc) is 3.04. The van der Waals surface area contributed by atoms with Crippen molar-refractivity contribution in [2.24, 2.45) is 12.0 Å². The van der Waals surface area contributed by atoms with Gasteiger partial charge in [0, 0.05) is 39.8 Å². The second-order valence-corrected chi connectivity index (χ2v) is 5.95. The number of guanidine groups is 1. The van der Waals surface area contributed by atoms with Gasteiger partial charge in [-0.3, -0.25) is 0 Å². The van der Waals surface area contributed by atoms with Crippen molar-refractivity contribution >= 4 is 11.6 Å². The third-order valence-electron chi connectivity index (χ3n) is 4.28. The Morgan fingerprint density at radius 1 is 1.24 bits per heavy atom. The van der Waals surface area contributed by atoms with Gasteiger partial charge in [0.15, 0.2) is 11.8 Å². The first-order valence-corrected chi connectivity index (χ1v) is 8.54. The van der Waals surface area contributed by atoms with E-state index in [1.165, 1.54) is 6.07 Å². The largest absolute Gasteiger partial charge is 0.366 e. The van der Waals surface area contributed by atoms with Gasteiger partial charge < -0.3 is 19.7 Å². The molecule has 8 heteroatoms. The lowest BCUT2D eigenvalue weighted by atomic mass is 10.2. The molecule has 0 unspecified atom stereocenters. The van der Waals surface area contributed by atoms with Crippen molar-refractivity contribution in [1.29, 1.82) is 0 Å². The standard InChI is InChI=1S/C17H24FN7/c1-3-19-17(20-12-16-22-21-13-23(16)2)25-10-8-24(9-11-25)15-7-5-4-6-14(15)18/h4-7,13H,3,8-12H2,1-2H3,(H,19,20). The van der Waals surface area contributed by atoms with Crippen LogP contribution >= 0.6 is 0 Å². The molecule has 0 bridgehead atoms. The van der Waals surface area contributed by atoms with Crippen molar-refractivity contribution in [3.63, 3.8) is 0 Å². The number of piperazine rings is 1. The van der Waals surface area contributed by atoms with Crippen molar-refractivity contribution in [3.8, 4) is 0 Å². The maximum absolute atomic E-state index is 14.0. The molecule has 0 amide bonds. The Morgan fingerprint density at radius 2 is 2.00 bits per heavy atom. The lowest BCUT2D eigenvalue weighted by molar-refractivity contribution is 0.370. The minimum atomic E-state index is -0.168. The number of aromatic nitrogens is 3. The maximum Gasteiger partial charge on any atom is 0.194 e. The Balaban J connectivity index is 1.64. The number of para-hydroxylation sites is 1. The van der Waals surface area contributed by atoms with Gasteiger partial charge in [-0.1, -0.05) is 12.1 Å². The molecule has 0 saturated carbocycles. The normalized spacial score (nSPS) is 15.6.